The first kappa shape index (κ1) is 26.9. The lowest BCUT2D eigenvalue weighted by molar-refractivity contribution is -0.287. The van der Waals surface area contributed by atoms with E-state index in [1.807, 2.05) is 0 Å². The fraction of sp³-hybridized carbons (Fsp3) is 0.968. The van der Waals surface area contributed by atoms with Gasteiger partial charge in [-0.3, -0.25) is 4.79 Å². The van der Waals surface area contributed by atoms with E-state index in [2.05, 4.69) is 48.5 Å². The van der Waals surface area contributed by atoms with E-state index >= 15 is 0 Å². The smallest absolute Gasteiger partial charge is 0.312 e. The first-order valence-electron chi connectivity index (χ1n) is 14.6. The van der Waals surface area contributed by atoms with Gasteiger partial charge in [-0.15, -0.1) is 0 Å². The van der Waals surface area contributed by atoms with Gasteiger partial charge in [0.2, 0.25) is 0 Å². The molecule has 5 rings (SSSR count). The summed E-state index contributed by atoms with van der Waals surface area (Å²) in [5, 5.41) is 34.1. The number of methoxy groups -OCH3 is 1. The van der Waals surface area contributed by atoms with Crippen LogP contribution in [0.3, 0.4) is 0 Å². The molecule has 0 bridgehead atoms. The predicted octanol–water partition coefficient (Wildman–Crippen LogP) is 5.34. The second-order valence-electron chi connectivity index (χ2n) is 16.0. The van der Waals surface area contributed by atoms with Crippen LogP contribution in [0.4, 0.5) is 0 Å². The van der Waals surface area contributed by atoms with Crippen LogP contribution in [0, 0.1) is 56.2 Å². The largest absolute Gasteiger partial charge is 0.469 e. The van der Waals surface area contributed by atoms with Crippen molar-refractivity contribution in [3.8, 4) is 0 Å². The topological polar surface area (TPSA) is 87.0 Å². The number of fused-ring (bicyclic) bond motifs is 7. The van der Waals surface area contributed by atoms with E-state index in [-0.39, 0.29) is 50.8 Å². The minimum absolute atomic E-state index is 0.00408. The zero-order valence-corrected chi connectivity index (χ0v) is 24.1. The summed E-state index contributed by atoms with van der Waals surface area (Å²) in [6.07, 6.45) is 6.12. The van der Waals surface area contributed by atoms with Gasteiger partial charge in [-0.1, -0.05) is 48.5 Å². The second kappa shape index (κ2) is 7.94. The summed E-state index contributed by atoms with van der Waals surface area (Å²) in [4.78, 5) is 13.4. The van der Waals surface area contributed by atoms with Crippen LogP contribution >= 0.6 is 0 Å². The lowest BCUT2D eigenvalue weighted by Crippen LogP contribution is -2.71. The molecule has 0 aromatic rings. The SMILES string of the molecule is COC(=O)[C@]12CCC(C)(C)CC1C1[C@@H](O)CC3[C@@]4(C)C[C@@H](O)[C@H](O)C(C)(C)C4CC[C@@]3(C)[C@]1(C)CC2. The van der Waals surface area contributed by atoms with Gasteiger partial charge in [-0.25, -0.2) is 0 Å². The van der Waals surface area contributed by atoms with Gasteiger partial charge < -0.3 is 20.1 Å². The third-order valence-electron chi connectivity index (χ3n) is 13.8. The van der Waals surface area contributed by atoms with Crippen molar-refractivity contribution in [2.75, 3.05) is 7.11 Å². The molecule has 0 aliphatic heterocycles. The van der Waals surface area contributed by atoms with Gasteiger partial charge in [-0.2, -0.15) is 0 Å². The maximum absolute atomic E-state index is 13.4. The van der Waals surface area contributed by atoms with Crippen LogP contribution in [0.15, 0.2) is 0 Å². The van der Waals surface area contributed by atoms with Crippen molar-refractivity contribution < 1.29 is 24.9 Å². The monoisotopic (exact) mass is 504 g/mol. The van der Waals surface area contributed by atoms with Crippen molar-refractivity contribution >= 4 is 5.97 Å². The van der Waals surface area contributed by atoms with E-state index in [4.69, 9.17) is 4.74 Å². The molecule has 5 aliphatic carbocycles. The standard InChI is InChI=1S/C31H52O5/c1-26(2)11-13-31(25(35)36-8)14-12-30(7)23(18(31)16-26)19(32)15-22-28(5)17-20(33)24(34)27(3,4)21(28)9-10-29(22,30)6/h18-24,32-34H,9-17H2,1-8H3/t18?,19-,20+,21?,22?,23?,24-,28-,29+,30+,31-/m0/s1. The Hall–Kier alpha value is -0.650. The van der Waals surface area contributed by atoms with E-state index in [0.29, 0.717) is 12.3 Å². The molecule has 0 saturated heterocycles. The second-order valence-corrected chi connectivity index (χ2v) is 16.0. The molecule has 36 heavy (non-hydrogen) atoms. The zero-order chi connectivity index (χ0) is 26.7. The van der Waals surface area contributed by atoms with E-state index < -0.39 is 23.7 Å². The molecule has 4 unspecified atom stereocenters. The number of carbonyl (C=O) groups excluding carboxylic acids is 1. The fourth-order valence-corrected chi connectivity index (χ4v) is 11.7. The molecule has 5 saturated carbocycles. The van der Waals surface area contributed by atoms with Crippen molar-refractivity contribution in [2.24, 2.45) is 56.2 Å². The van der Waals surface area contributed by atoms with Crippen LogP contribution < -0.4 is 0 Å². The molecule has 5 fully saturated rings. The van der Waals surface area contributed by atoms with Gasteiger partial charge in [0.05, 0.1) is 30.8 Å². The van der Waals surface area contributed by atoms with E-state index in [0.717, 1.165) is 51.4 Å². The molecule has 5 heteroatoms. The third kappa shape index (κ3) is 3.21. The molecule has 0 spiro atoms. The summed E-state index contributed by atoms with van der Waals surface area (Å²) in [6, 6.07) is 0. The number of esters is 1. The third-order valence-corrected chi connectivity index (χ3v) is 13.8. The maximum Gasteiger partial charge on any atom is 0.312 e. The van der Waals surface area contributed by atoms with E-state index in [1.54, 1.807) is 0 Å². The van der Waals surface area contributed by atoms with Crippen LogP contribution in [0.5, 0.6) is 0 Å². The highest BCUT2D eigenvalue weighted by atomic mass is 16.5. The van der Waals surface area contributed by atoms with Gasteiger partial charge in [0.15, 0.2) is 0 Å². The Balaban J connectivity index is 1.59. The molecule has 206 valence electrons. The average Bonchev–Trinajstić information content (AvgIpc) is 2.78. The number of carbonyl (C=O) groups is 1. The summed E-state index contributed by atoms with van der Waals surface area (Å²) >= 11 is 0. The number of ether oxygens (including phenoxy) is 1. The quantitative estimate of drug-likeness (QED) is 0.420. The molecule has 3 N–H and O–H groups in total. The average molecular weight is 505 g/mol. The van der Waals surface area contributed by atoms with Gasteiger partial charge in [-0.05, 0) is 109 Å². The number of aliphatic hydroxyl groups excluding tert-OH is 3. The summed E-state index contributed by atoms with van der Waals surface area (Å²) in [5.41, 5.74) is -0.931. The highest BCUT2D eigenvalue weighted by molar-refractivity contribution is 5.77. The molecule has 11 atom stereocenters. The molecule has 0 aromatic heterocycles. The summed E-state index contributed by atoms with van der Waals surface area (Å²) in [6.45, 7) is 16.2. The van der Waals surface area contributed by atoms with Crippen LogP contribution in [-0.4, -0.2) is 46.7 Å². The molecular weight excluding hydrogens is 452 g/mol. The maximum atomic E-state index is 13.4. The van der Waals surface area contributed by atoms with Crippen LogP contribution in [-0.2, 0) is 9.53 Å². The number of hydrogen-bond donors (Lipinski definition) is 3. The highest BCUT2D eigenvalue weighted by Crippen LogP contribution is 2.77. The fourth-order valence-electron chi connectivity index (χ4n) is 11.7. The van der Waals surface area contributed by atoms with E-state index in [9.17, 15) is 20.1 Å². The molecule has 0 aromatic carbocycles. The van der Waals surface area contributed by atoms with Crippen LogP contribution in [0.2, 0.25) is 0 Å². The molecule has 5 aliphatic rings. The van der Waals surface area contributed by atoms with Gasteiger partial charge in [0.1, 0.15) is 0 Å². The lowest BCUT2D eigenvalue weighted by Gasteiger charge is -2.74. The number of rotatable bonds is 1. The Bertz CT molecular complexity index is 913. The van der Waals surface area contributed by atoms with Crippen molar-refractivity contribution in [1.82, 2.24) is 0 Å². The Morgan fingerprint density at radius 3 is 2.06 bits per heavy atom. The summed E-state index contributed by atoms with van der Waals surface area (Å²) in [7, 11) is 1.53. The van der Waals surface area contributed by atoms with E-state index in [1.165, 1.54) is 7.11 Å². The highest BCUT2D eigenvalue weighted by Gasteiger charge is 2.73. The summed E-state index contributed by atoms with van der Waals surface area (Å²) < 4.78 is 5.46. The summed E-state index contributed by atoms with van der Waals surface area (Å²) in [5.74, 6) is 0.703. The Labute approximate surface area is 218 Å². The first-order chi connectivity index (χ1) is 16.5. The predicted molar refractivity (Wildman–Crippen MR) is 140 cm³/mol. The molecule has 0 heterocycles. The van der Waals surface area contributed by atoms with Crippen molar-refractivity contribution in [3.63, 3.8) is 0 Å². The first-order valence-corrected chi connectivity index (χ1v) is 14.6. The number of aliphatic hydroxyl groups is 3. The van der Waals surface area contributed by atoms with Crippen molar-refractivity contribution in [1.29, 1.82) is 0 Å². The molecule has 0 amide bonds. The van der Waals surface area contributed by atoms with Crippen LogP contribution in [0.25, 0.3) is 0 Å². The Kier molecular flexibility index (Phi) is 5.94. The Morgan fingerprint density at radius 1 is 0.778 bits per heavy atom. The normalized spacial score (nSPS) is 55.4. The molecule has 5 nitrogen and oxygen atoms in total. The van der Waals surface area contributed by atoms with Crippen molar-refractivity contribution in [3.05, 3.63) is 0 Å². The van der Waals surface area contributed by atoms with Crippen molar-refractivity contribution in [2.45, 2.75) is 125 Å². The minimum Gasteiger partial charge on any atom is -0.469 e. The van der Waals surface area contributed by atoms with Gasteiger partial charge in [0, 0.05) is 0 Å². The van der Waals surface area contributed by atoms with Gasteiger partial charge in [0.25, 0.3) is 0 Å². The van der Waals surface area contributed by atoms with Crippen LogP contribution in [0.1, 0.15) is 106 Å². The lowest BCUT2D eigenvalue weighted by atomic mass is 9.31. The zero-order valence-electron chi connectivity index (χ0n) is 24.1. The van der Waals surface area contributed by atoms with Gasteiger partial charge >= 0.3 is 5.97 Å². The Morgan fingerprint density at radius 2 is 1.42 bits per heavy atom. The minimum atomic E-state index is -0.733. The molecule has 0 radical (unpaired) electrons. The number of hydrogen-bond acceptors (Lipinski definition) is 5. The molecular formula is C31H52O5.